The Morgan fingerprint density at radius 1 is 0.500 bits per heavy atom. The Morgan fingerprint density at radius 2 is 0.938 bits per heavy atom. The summed E-state index contributed by atoms with van der Waals surface area (Å²) in [4.78, 5) is 118. The van der Waals surface area contributed by atoms with E-state index >= 15 is 0 Å². The summed E-state index contributed by atoms with van der Waals surface area (Å²) in [6.45, 7) is 3.64. The number of phenolic OH excluding ortho intramolecular Hbond substituents is 1. The first-order valence-electron chi connectivity index (χ1n) is 26.4. The van der Waals surface area contributed by atoms with Crippen LogP contribution in [0.25, 0.3) is 21.8 Å². The van der Waals surface area contributed by atoms with E-state index in [9.17, 15) is 43.5 Å². The number of carbonyl (C=O) groups excluding carboxylic acids is 8. The van der Waals surface area contributed by atoms with E-state index in [0.29, 0.717) is 24.0 Å². The fraction of sp³-hybridized carbons (Fsp3) is 0.368. The van der Waals surface area contributed by atoms with Crippen LogP contribution in [0, 0.1) is 5.92 Å². The standard InChI is InChI=1S/C57H72N12O9S2/c1-32(2)49(57(78)68-48(31-80)55(76)64-44(50(60)71)26-35-28-61-41-16-8-6-14-38(35)41)69-52(73)43(18-10-11-23-58)63-54(75)46(27-36-29-62-42-17-9-7-15-39(36)42)66-53(74)45(25-34-19-21-37(70)22-20-34)65-56(77)47(30-79)67-51(72)40(59)24-33-12-4-3-5-13-33/h3-9,12-17,19-22,28-29,32,40,43-49,61-62,70,79-80H,10-11,18,23-27,30-31,58-59H2,1-2H3,(H2,60,71)(H,63,75)(H,64,76)(H,65,77)(H,66,74)(H,67,72)(H,68,78)(H,69,73)/t40-,43+,44-,45+,46+,47+,48+,49+/m1/s1. The van der Waals surface area contributed by atoms with Crippen LogP contribution < -0.4 is 54.4 Å². The second-order valence-electron chi connectivity index (χ2n) is 19.9. The number of benzene rings is 4. The molecule has 8 atom stereocenters. The van der Waals surface area contributed by atoms with Gasteiger partial charge in [-0.25, -0.2) is 0 Å². The summed E-state index contributed by atoms with van der Waals surface area (Å²) in [7, 11) is 0. The summed E-state index contributed by atoms with van der Waals surface area (Å²) in [5, 5.41) is 30.7. The van der Waals surface area contributed by atoms with Gasteiger partial charge in [-0.15, -0.1) is 0 Å². The Labute approximate surface area is 474 Å². The van der Waals surface area contributed by atoms with Crippen LogP contribution in [-0.2, 0) is 64.0 Å². The van der Waals surface area contributed by atoms with Gasteiger partial charge >= 0.3 is 0 Å². The van der Waals surface area contributed by atoms with Crippen LogP contribution in [0.3, 0.4) is 0 Å². The molecule has 2 aromatic heterocycles. The molecular formula is C57H72N12O9S2. The number of amides is 8. The van der Waals surface area contributed by atoms with E-state index in [4.69, 9.17) is 17.2 Å². The summed E-state index contributed by atoms with van der Waals surface area (Å²) in [6.07, 6.45) is 4.35. The van der Waals surface area contributed by atoms with E-state index in [2.05, 4.69) is 72.4 Å². The summed E-state index contributed by atoms with van der Waals surface area (Å²) >= 11 is 8.65. The van der Waals surface area contributed by atoms with Crippen molar-refractivity contribution in [3.63, 3.8) is 0 Å². The third-order valence-electron chi connectivity index (χ3n) is 13.6. The minimum Gasteiger partial charge on any atom is -0.508 e. The van der Waals surface area contributed by atoms with Gasteiger partial charge in [-0.05, 0) is 84.7 Å². The van der Waals surface area contributed by atoms with Crippen molar-refractivity contribution in [3.05, 3.63) is 138 Å². The van der Waals surface area contributed by atoms with Crippen molar-refractivity contribution < 1.29 is 43.5 Å². The Hall–Kier alpha value is -7.86. The molecule has 0 aliphatic heterocycles. The van der Waals surface area contributed by atoms with Crippen molar-refractivity contribution >= 4 is 94.3 Å². The fourth-order valence-electron chi connectivity index (χ4n) is 9.08. The number of fused-ring (bicyclic) bond motifs is 2. The lowest BCUT2D eigenvalue weighted by Crippen LogP contribution is -2.61. The Morgan fingerprint density at radius 3 is 1.46 bits per heavy atom. The molecule has 80 heavy (non-hydrogen) atoms. The van der Waals surface area contributed by atoms with E-state index in [1.807, 2.05) is 78.9 Å². The van der Waals surface area contributed by atoms with E-state index < -0.39 is 102 Å². The van der Waals surface area contributed by atoms with Crippen molar-refractivity contribution in [1.29, 1.82) is 0 Å². The van der Waals surface area contributed by atoms with Crippen molar-refractivity contribution in [2.24, 2.45) is 23.1 Å². The third-order valence-corrected chi connectivity index (χ3v) is 14.3. The number of aromatic amines is 2. The first-order chi connectivity index (χ1) is 38.4. The van der Waals surface area contributed by atoms with Crippen molar-refractivity contribution in [3.8, 4) is 5.75 Å². The maximum atomic E-state index is 14.8. The van der Waals surface area contributed by atoms with Crippen molar-refractivity contribution in [2.75, 3.05) is 18.1 Å². The highest BCUT2D eigenvalue weighted by molar-refractivity contribution is 7.80. The number of para-hydroxylation sites is 2. The molecule has 6 aromatic rings. The molecule has 16 N–H and O–H groups in total. The van der Waals surface area contributed by atoms with Crippen LogP contribution in [0.1, 0.15) is 55.4 Å². The van der Waals surface area contributed by atoms with Gasteiger partial charge in [0.25, 0.3) is 0 Å². The number of unbranched alkanes of at least 4 members (excludes halogenated alkanes) is 1. The molecule has 0 spiro atoms. The maximum absolute atomic E-state index is 14.8. The van der Waals surface area contributed by atoms with Crippen LogP contribution in [-0.4, -0.2) is 129 Å². The summed E-state index contributed by atoms with van der Waals surface area (Å²) in [5.74, 6) is -6.97. The predicted molar refractivity (Wildman–Crippen MR) is 312 cm³/mol. The summed E-state index contributed by atoms with van der Waals surface area (Å²) in [5.41, 5.74) is 22.1. The number of nitrogens with one attached hydrogen (secondary N) is 9. The smallest absolute Gasteiger partial charge is 0.244 e. The average molecular weight is 1130 g/mol. The number of nitrogens with two attached hydrogens (primary N) is 3. The van der Waals surface area contributed by atoms with Gasteiger partial charge in [0.05, 0.1) is 6.04 Å². The molecule has 6 rings (SSSR count). The third kappa shape index (κ3) is 17.3. The lowest BCUT2D eigenvalue weighted by atomic mass is 10.00. The molecule has 4 aromatic carbocycles. The second-order valence-corrected chi connectivity index (χ2v) is 20.7. The number of hydrogen-bond donors (Lipinski definition) is 15. The molecule has 0 fully saturated rings. The molecule has 0 aliphatic rings. The first kappa shape index (κ1) is 61.4. The normalized spacial score (nSPS) is 14.3. The predicted octanol–water partition coefficient (Wildman–Crippen LogP) is 1.48. The number of H-pyrrole nitrogens is 2. The lowest BCUT2D eigenvalue weighted by Gasteiger charge is -2.29. The Kier molecular flexibility index (Phi) is 23.0. The van der Waals surface area contributed by atoms with Crippen LogP contribution in [0.15, 0.2) is 116 Å². The molecule has 21 nitrogen and oxygen atoms in total. The van der Waals surface area contributed by atoms with Crippen LogP contribution >= 0.6 is 25.3 Å². The van der Waals surface area contributed by atoms with E-state index in [0.717, 1.165) is 32.9 Å². The number of aromatic nitrogens is 2. The number of phenols is 1. The van der Waals surface area contributed by atoms with Crippen LogP contribution in [0.5, 0.6) is 5.75 Å². The minimum atomic E-state index is -1.39. The fourth-order valence-corrected chi connectivity index (χ4v) is 9.59. The van der Waals surface area contributed by atoms with Gasteiger partial charge in [0.2, 0.25) is 47.3 Å². The zero-order chi connectivity index (χ0) is 57.9. The zero-order valence-electron chi connectivity index (χ0n) is 44.6. The summed E-state index contributed by atoms with van der Waals surface area (Å²) < 4.78 is 0. The lowest BCUT2D eigenvalue weighted by molar-refractivity contribution is -0.136. The minimum absolute atomic E-state index is 0.0396. The van der Waals surface area contributed by atoms with Gasteiger partial charge in [0.1, 0.15) is 48.0 Å². The highest BCUT2D eigenvalue weighted by atomic mass is 32.1. The molecule has 2 heterocycles. The van der Waals surface area contributed by atoms with E-state index in [1.165, 1.54) is 12.1 Å². The quantitative estimate of drug-likeness (QED) is 0.0226. The maximum Gasteiger partial charge on any atom is 0.244 e. The highest BCUT2D eigenvalue weighted by Crippen LogP contribution is 2.22. The average Bonchev–Trinajstić information content (AvgIpc) is 4.10. The van der Waals surface area contributed by atoms with E-state index in [-0.39, 0.29) is 55.9 Å². The van der Waals surface area contributed by atoms with Gasteiger partial charge in [0, 0.05) is 65.0 Å². The Balaban J connectivity index is 1.21. The second kappa shape index (κ2) is 29.9. The SMILES string of the molecule is CC(C)[C@H](NC(=O)[C@H](CCCCN)NC(=O)[C@H](Cc1c[nH]c2ccccc12)NC(=O)[C@H](Cc1ccc(O)cc1)NC(=O)[C@H](CS)NC(=O)[C@H](N)Cc1ccccc1)C(=O)N[C@@H](CS)C(=O)N[C@H](Cc1c[nH]c2ccccc12)C(N)=O. The molecule has 0 saturated heterocycles. The number of carbonyl (C=O) groups is 8. The van der Waals surface area contributed by atoms with Gasteiger partial charge in [0.15, 0.2) is 0 Å². The van der Waals surface area contributed by atoms with Gasteiger partial charge in [-0.1, -0.05) is 92.7 Å². The molecule has 0 aliphatic carbocycles. The highest BCUT2D eigenvalue weighted by Gasteiger charge is 2.35. The monoisotopic (exact) mass is 1130 g/mol. The number of aromatic hydroxyl groups is 1. The Bertz CT molecular complexity index is 3080. The van der Waals surface area contributed by atoms with Crippen molar-refractivity contribution in [2.45, 2.75) is 107 Å². The topological polar surface area (TPSA) is 351 Å². The largest absolute Gasteiger partial charge is 0.508 e. The molecule has 23 heteroatoms. The van der Waals surface area contributed by atoms with Crippen LogP contribution in [0.2, 0.25) is 0 Å². The molecule has 0 unspecified atom stereocenters. The van der Waals surface area contributed by atoms with Crippen molar-refractivity contribution in [1.82, 2.24) is 47.2 Å². The van der Waals surface area contributed by atoms with Gasteiger partial charge < -0.3 is 69.5 Å². The zero-order valence-corrected chi connectivity index (χ0v) is 46.4. The van der Waals surface area contributed by atoms with Crippen LogP contribution in [0.4, 0.5) is 0 Å². The number of thiol groups is 2. The van der Waals surface area contributed by atoms with E-state index in [1.54, 1.807) is 38.4 Å². The molecule has 0 saturated carbocycles. The summed E-state index contributed by atoms with van der Waals surface area (Å²) in [6, 6.07) is 19.9. The van der Waals surface area contributed by atoms with Gasteiger partial charge in [-0.2, -0.15) is 25.3 Å². The number of hydrogen-bond acceptors (Lipinski definition) is 13. The first-order valence-corrected chi connectivity index (χ1v) is 27.7. The van der Waals surface area contributed by atoms with Gasteiger partial charge in [-0.3, -0.25) is 38.4 Å². The number of primary amides is 1. The molecule has 0 bridgehead atoms. The number of rotatable bonds is 30. The molecule has 8 amide bonds. The molecule has 0 radical (unpaired) electrons. The molecule has 426 valence electrons. The molecular weight excluding hydrogens is 1060 g/mol.